The number of nitrogens with zero attached hydrogens (tertiary/aromatic N) is 1. The van der Waals surface area contributed by atoms with E-state index in [1.54, 1.807) is 19.1 Å². The first kappa shape index (κ1) is 16.3. The average molecular weight is 300 g/mol. The zero-order valence-corrected chi connectivity index (χ0v) is 12.7. The Morgan fingerprint density at radius 3 is 2.35 bits per heavy atom. The summed E-state index contributed by atoms with van der Waals surface area (Å²) in [4.78, 5) is 0. The Hall–Kier alpha value is -1.76. The van der Waals surface area contributed by atoms with Gasteiger partial charge in [0.15, 0.2) is 15.7 Å². The van der Waals surface area contributed by atoms with Crippen LogP contribution in [0.25, 0.3) is 0 Å². The van der Waals surface area contributed by atoms with E-state index < -0.39 is 9.84 Å². The second-order valence-electron chi connectivity index (χ2n) is 4.51. The number of amidine groups is 1. The fourth-order valence-electron chi connectivity index (χ4n) is 1.80. The van der Waals surface area contributed by atoms with Crippen molar-refractivity contribution >= 4 is 15.7 Å². The Bertz CT molecular complexity index is 586. The van der Waals surface area contributed by atoms with E-state index in [1.165, 1.54) is 0 Å². The predicted octanol–water partition coefficient (Wildman–Crippen LogP) is 1.21. The number of aryl methyl sites for hydroxylation is 2. The van der Waals surface area contributed by atoms with Crippen LogP contribution >= 0.6 is 0 Å². The Labute approximate surface area is 119 Å². The molecule has 0 fully saturated rings. The van der Waals surface area contributed by atoms with Crippen LogP contribution in [0.4, 0.5) is 0 Å². The van der Waals surface area contributed by atoms with Crippen LogP contribution in [-0.4, -0.2) is 37.6 Å². The van der Waals surface area contributed by atoms with E-state index in [-0.39, 0.29) is 23.9 Å². The molecule has 112 valence electrons. The van der Waals surface area contributed by atoms with Gasteiger partial charge in [0.05, 0.1) is 5.75 Å². The van der Waals surface area contributed by atoms with Crippen molar-refractivity contribution in [3.63, 3.8) is 0 Å². The molecule has 0 bridgehead atoms. The van der Waals surface area contributed by atoms with Crippen LogP contribution in [0.1, 0.15) is 23.6 Å². The molecule has 0 radical (unpaired) electrons. The second-order valence-corrected chi connectivity index (χ2v) is 6.98. The molecule has 0 aliphatic rings. The van der Waals surface area contributed by atoms with Gasteiger partial charge in [0.1, 0.15) is 12.4 Å². The zero-order chi connectivity index (χ0) is 15.3. The van der Waals surface area contributed by atoms with Crippen molar-refractivity contribution in [2.75, 3.05) is 18.1 Å². The third-order valence-electron chi connectivity index (χ3n) is 2.94. The molecule has 3 N–H and O–H groups in total. The van der Waals surface area contributed by atoms with Crippen LogP contribution in [0.5, 0.6) is 5.75 Å². The highest BCUT2D eigenvalue weighted by molar-refractivity contribution is 7.91. The molecule has 20 heavy (non-hydrogen) atoms. The van der Waals surface area contributed by atoms with Crippen molar-refractivity contribution in [2.24, 2.45) is 10.9 Å². The fraction of sp³-hybridized carbons (Fsp3) is 0.462. The first-order valence-electron chi connectivity index (χ1n) is 6.23. The van der Waals surface area contributed by atoms with Crippen LogP contribution in [0, 0.1) is 13.8 Å². The molecule has 0 aliphatic carbocycles. The molecular weight excluding hydrogens is 280 g/mol. The van der Waals surface area contributed by atoms with Crippen LogP contribution in [0.3, 0.4) is 0 Å². The first-order valence-corrected chi connectivity index (χ1v) is 8.05. The summed E-state index contributed by atoms with van der Waals surface area (Å²) < 4.78 is 28.4. The zero-order valence-electron chi connectivity index (χ0n) is 11.9. The molecule has 0 amide bonds. The minimum Gasteiger partial charge on any atom is -0.492 e. The summed E-state index contributed by atoms with van der Waals surface area (Å²) in [5.74, 6) is 0.753. The number of sulfone groups is 1. The maximum atomic E-state index is 11.4. The number of ether oxygens (including phenoxy) is 1. The van der Waals surface area contributed by atoms with Gasteiger partial charge in [0, 0.05) is 11.3 Å². The van der Waals surface area contributed by atoms with Gasteiger partial charge in [0.25, 0.3) is 0 Å². The van der Waals surface area contributed by atoms with Gasteiger partial charge in [-0.3, -0.25) is 0 Å². The van der Waals surface area contributed by atoms with Gasteiger partial charge in [0.2, 0.25) is 0 Å². The Morgan fingerprint density at radius 2 is 1.90 bits per heavy atom. The third kappa shape index (κ3) is 4.12. The average Bonchev–Trinajstić information content (AvgIpc) is 2.40. The highest BCUT2D eigenvalue weighted by Crippen LogP contribution is 2.24. The molecular formula is C13H20N2O4S. The molecule has 1 aromatic rings. The topological polar surface area (TPSA) is 102 Å². The van der Waals surface area contributed by atoms with Crippen LogP contribution < -0.4 is 10.5 Å². The van der Waals surface area contributed by atoms with Crippen molar-refractivity contribution in [3.05, 3.63) is 28.8 Å². The lowest BCUT2D eigenvalue weighted by atomic mass is 10.1. The minimum atomic E-state index is -3.04. The molecule has 1 rings (SSSR count). The lowest BCUT2D eigenvalue weighted by molar-refractivity contribution is 0.318. The maximum Gasteiger partial charge on any atom is 0.170 e. The van der Waals surface area contributed by atoms with Gasteiger partial charge in [-0.05, 0) is 37.1 Å². The Kier molecular flexibility index (Phi) is 5.38. The molecule has 7 heteroatoms. The number of hydrogen-bond acceptors (Lipinski definition) is 5. The predicted molar refractivity (Wildman–Crippen MR) is 78.2 cm³/mol. The fourth-order valence-corrected chi connectivity index (χ4v) is 2.42. The van der Waals surface area contributed by atoms with E-state index in [0.717, 1.165) is 11.1 Å². The number of nitrogens with two attached hydrogens (primary N) is 1. The molecule has 0 heterocycles. The molecule has 0 aromatic heterocycles. The number of rotatable bonds is 6. The molecule has 1 aromatic carbocycles. The standard InChI is InChI=1S/C13H20N2O4S/c1-4-20(17,18)6-5-19-12-9(2)7-11(8-10(12)3)13(14)15-16/h7-8,16H,4-6H2,1-3H3,(H2,14,15). The van der Waals surface area contributed by atoms with Gasteiger partial charge in [-0.25, -0.2) is 8.42 Å². The molecule has 0 atom stereocenters. The Balaban J connectivity index is 2.87. The van der Waals surface area contributed by atoms with E-state index in [1.807, 2.05) is 13.8 Å². The van der Waals surface area contributed by atoms with Gasteiger partial charge in [-0.1, -0.05) is 12.1 Å². The highest BCUT2D eigenvalue weighted by atomic mass is 32.2. The van der Waals surface area contributed by atoms with Crippen molar-refractivity contribution in [1.82, 2.24) is 0 Å². The van der Waals surface area contributed by atoms with Gasteiger partial charge < -0.3 is 15.7 Å². The van der Waals surface area contributed by atoms with E-state index >= 15 is 0 Å². The second kappa shape index (κ2) is 6.60. The molecule has 0 saturated carbocycles. The summed E-state index contributed by atoms with van der Waals surface area (Å²) >= 11 is 0. The van der Waals surface area contributed by atoms with Crippen molar-refractivity contribution in [1.29, 1.82) is 0 Å². The van der Waals surface area contributed by atoms with E-state index in [9.17, 15) is 8.42 Å². The molecule has 0 spiro atoms. The van der Waals surface area contributed by atoms with Crippen LogP contribution in [0.15, 0.2) is 17.3 Å². The van der Waals surface area contributed by atoms with Gasteiger partial charge in [-0.15, -0.1) is 0 Å². The van der Waals surface area contributed by atoms with Crippen molar-refractivity contribution in [3.8, 4) is 5.75 Å². The van der Waals surface area contributed by atoms with Gasteiger partial charge in [-0.2, -0.15) is 0 Å². The van der Waals surface area contributed by atoms with E-state index in [0.29, 0.717) is 11.3 Å². The minimum absolute atomic E-state index is 0.00955. The first-order chi connectivity index (χ1) is 9.30. The van der Waals surface area contributed by atoms with Crippen LogP contribution in [-0.2, 0) is 9.84 Å². The van der Waals surface area contributed by atoms with E-state index in [2.05, 4.69) is 5.16 Å². The number of hydrogen-bond donors (Lipinski definition) is 2. The largest absolute Gasteiger partial charge is 0.492 e. The van der Waals surface area contributed by atoms with Gasteiger partial charge >= 0.3 is 0 Å². The Morgan fingerprint density at radius 1 is 1.35 bits per heavy atom. The van der Waals surface area contributed by atoms with E-state index in [4.69, 9.17) is 15.7 Å². The monoisotopic (exact) mass is 300 g/mol. The normalized spacial score (nSPS) is 12.4. The summed E-state index contributed by atoms with van der Waals surface area (Å²) in [6, 6.07) is 3.46. The summed E-state index contributed by atoms with van der Waals surface area (Å²) in [7, 11) is -3.04. The summed E-state index contributed by atoms with van der Waals surface area (Å²) in [5.41, 5.74) is 7.74. The quantitative estimate of drug-likeness (QED) is 0.356. The molecule has 0 saturated heterocycles. The summed E-state index contributed by atoms with van der Waals surface area (Å²) in [5, 5.41) is 11.6. The SMILES string of the molecule is CCS(=O)(=O)CCOc1c(C)cc(C(N)=NO)cc1C. The van der Waals surface area contributed by atoms with Crippen molar-refractivity contribution in [2.45, 2.75) is 20.8 Å². The lowest BCUT2D eigenvalue weighted by Crippen LogP contribution is -2.17. The molecule has 6 nitrogen and oxygen atoms in total. The summed E-state index contributed by atoms with van der Waals surface area (Å²) in [6.45, 7) is 5.37. The van der Waals surface area contributed by atoms with Crippen LogP contribution in [0.2, 0.25) is 0 Å². The molecule has 0 unspecified atom stereocenters. The number of oxime groups is 1. The maximum absolute atomic E-state index is 11.4. The summed E-state index contributed by atoms with van der Waals surface area (Å²) in [6.07, 6.45) is 0. The number of benzene rings is 1. The molecule has 0 aliphatic heterocycles. The van der Waals surface area contributed by atoms with Crippen molar-refractivity contribution < 1.29 is 18.4 Å². The highest BCUT2D eigenvalue weighted by Gasteiger charge is 2.11. The smallest absolute Gasteiger partial charge is 0.170 e. The lowest BCUT2D eigenvalue weighted by Gasteiger charge is -2.13. The third-order valence-corrected chi connectivity index (χ3v) is 4.61.